The van der Waals surface area contributed by atoms with Gasteiger partial charge in [-0.1, -0.05) is 6.92 Å². The number of thiophene rings is 1. The van der Waals surface area contributed by atoms with E-state index in [1.807, 2.05) is 13.1 Å². The molecule has 2 aromatic heterocycles. The van der Waals surface area contributed by atoms with Gasteiger partial charge in [0.05, 0.1) is 0 Å². The van der Waals surface area contributed by atoms with Crippen molar-refractivity contribution in [2.24, 2.45) is 0 Å². The number of hydrogen-bond acceptors (Lipinski definition) is 5. The largest absolute Gasteiger partial charge is 0.367 e. The summed E-state index contributed by atoms with van der Waals surface area (Å²) in [4.78, 5) is 8.85. The molecule has 1 atom stereocenters. The lowest BCUT2D eigenvalue weighted by Crippen LogP contribution is -2.20. The maximum absolute atomic E-state index is 4.55. The zero-order valence-corrected chi connectivity index (χ0v) is 13.1. The lowest BCUT2D eigenvalue weighted by molar-refractivity contribution is 0.784. The molecular formula is C15H22N4S. The van der Waals surface area contributed by atoms with E-state index < -0.39 is 0 Å². The number of aromatic nitrogens is 2. The average Bonchev–Trinajstić information content (AvgIpc) is 2.92. The lowest BCUT2D eigenvalue weighted by Gasteiger charge is -2.16. The number of aryl methyl sites for hydroxylation is 1. The second-order valence-electron chi connectivity index (χ2n) is 5.03. The monoisotopic (exact) mass is 290 g/mol. The molecule has 0 aliphatic rings. The van der Waals surface area contributed by atoms with Crippen LogP contribution in [0.4, 0.5) is 11.8 Å². The predicted molar refractivity (Wildman–Crippen MR) is 86.7 cm³/mol. The number of nitrogens with one attached hydrogen (secondary N) is 2. The smallest absolute Gasteiger partial charge is 0.224 e. The molecule has 2 rings (SSSR count). The van der Waals surface area contributed by atoms with Crippen molar-refractivity contribution in [2.75, 3.05) is 17.2 Å². The van der Waals surface area contributed by atoms with Gasteiger partial charge in [0.25, 0.3) is 0 Å². The Labute approximate surface area is 124 Å². The van der Waals surface area contributed by atoms with Crippen LogP contribution in [0.2, 0.25) is 0 Å². The molecule has 0 aliphatic heterocycles. The predicted octanol–water partition coefficient (Wildman–Crippen LogP) is 3.71. The van der Waals surface area contributed by atoms with Gasteiger partial charge in [0.15, 0.2) is 0 Å². The molecule has 4 nitrogen and oxygen atoms in total. The molecule has 2 heterocycles. The second kappa shape index (κ2) is 7.24. The molecule has 5 heteroatoms. The van der Waals surface area contributed by atoms with Gasteiger partial charge in [0, 0.05) is 24.3 Å². The summed E-state index contributed by atoms with van der Waals surface area (Å²) in [7, 11) is 0. The quantitative estimate of drug-likeness (QED) is 0.816. The molecule has 0 amide bonds. The Morgan fingerprint density at radius 2 is 2.25 bits per heavy atom. The standard InChI is InChI=1S/C15H22N4S/c1-4-6-16-15-17-9-11(2)14(19-15)18-12(3)8-13-5-7-20-10-13/h5,7,9-10,12H,4,6,8H2,1-3H3,(H2,16,17,18,19). The fourth-order valence-electron chi connectivity index (χ4n) is 1.96. The van der Waals surface area contributed by atoms with E-state index in [-0.39, 0.29) is 0 Å². The maximum atomic E-state index is 4.55. The van der Waals surface area contributed by atoms with E-state index >= 15 is 0 Å². The van der Waals surface area contributed by atoms with Gasteiger partial charge >= 0.3 is 0 Å². The SMILES string of the molecule is CCCNc1ncc(C)c(NC(C)Cc2ccsc2)n1. The van der Waals surface area contributed by atoms with E-state index in [1.165, 1.54) is 5.56 Å². The Hall–Kier alpha value is -1.62. The minimum atomic E-state index is 0.345. The van der Waals surface area contributed by atoms with E-state index in [0.717, 1.165) is 30.8 Å². The normalized spacial score (nSPS) is 12.2. The van der Waals surface area contributed by atoms with Crippen molar-refractivity contribution in [3.8, 4) is 0 Å². The zero-order chi connectivity index (χ0) is 14.4. The summed E-state index contributed by atoms with van der Waals surface area (Å²) in [6.45, 7) is 7.23. The van der Waals surface area contributed by atoms with Crippen molar-refractivity contribution in [3.05, 3.63) is 34.2 Å². The summed E-state index contributed by atoms with van der Waals surface area (Å²) in [6.07, 6.45) is 3.93. The third-order valence-electron chi connectivity index (χ3n) is 3.01. The van der Waals surface area contributed by atoms with Crippen LogP contribution in [0.25, 0.3) is 0 Å². The molecule has 0 saturated carbocycles. The first kappa shape index (κ1) is 14.8. The maximum Gasteiger partial charge on any atom is 0.224 e. The highest BCUT2D eigenvalue weighted by atomic mass is 32.1. The van der Waals surface area contributed by atoms with Crippen molar-refractivity contribution in [1.82, 2.24) is 9.97 Å². The van der Waals surface area contributed by atoms with Gasteiger partial charge in [-0.2, -0.15) is 16.3 Å². The zero-order valence-electron chi connectivity index (χ0n) is 12.3. The van der Waals surface area contributed by atoms with Crippen LogP contribution >= 0.6 is 11.3 Å². The van der Waals surface area contributed by atoms with Gasteiger partial charge in [-0.15, -0.1) is 0 Å². The van der Waals surface area contributed by atoms with Crippen LogP contribution in [0.15, 0.2) is 23.0 Å². The molecule has 0 aromatic carbocycles. The highest BCUT2D eigenvalue weighted by Gasteiger charge is 2.08. The van der Waals surface area contributed by atoms with Crippen molar-refractivity contribution in [3.63, 3.8) is 0 Å². The number of nitrogens with zero attached hydrogens (tertiary/aromatic N) is 2. The Kier molecular flexibility index (Phi) is 5.35. The van der Waals surface area contributed by atoms with Crippen LogP contribution in [-0.4, -0.2) is 22.6 Å². The molecule has 108 valence electrons. The third kappa shape index (κ3) is 4.20. The Balaban J connectivity index is 2.00. The molecule has 0 radical (unpaired) electrons. The third-order valence-corrected chi connectivity index (χ3v) is 3.74. The average molecular weight is 290 g/mol. The van der Waals surface area contributed by atoms with E-state index in [4.69, 9.17) is 0 Å². The second-order valence-corrected chi connectivity index (χ2v) is 5.81. The molecule has 0 saturated heterocycles. The number of hydrogen-bond donors (Lipinski definition) is 2. The van der Waals surface area contributed by atoms with Crippen LogP contribution < -0.4 is 10.6 Å². The summed E-state index contributed by atoms with van der Waals surface area (Å²) in [6, 6.07) is 2.52. The van der Waals surface area contributed by atoms with E-state index in [1.54, 1.807) is 11.3 Å². The van der Waals surface area contributed by atoms with Crippen molar-refractivity contribution in [1.29, 1.82) is 0 Å². The molecule has 0 fully saturated rings. The molecule has 0 spiro atoms. The first-order valence-corrected chi connectivity index (χ1v) is 7.98. The van der Waals surface area contributed by atoms with Crippen LogP contribution in [0.1, 0.15) is 31.4 Å². The fraction of sp³-hybridized carbons (Fsp3) is 0.467. The van der Waals surface area contributed by atoms with Crippen molar-refractivity contribution < 1.29 is 0 Å². The van der Waals surface area contributed by atoms with E-state index in [2.05, 4.69) is 51.3 Å². The molecule has 0 bridgehead atoms. The van der Waals surface area contributed by atoms with Gasteiger partial charge in [0.2, 0.25) is 5.95 Å². The molecule has 20 heavy (non-hydrogen) atoms. The van der Waals surface area contributed by atoms with Gasteiger partial charge in [-0.3, -0.25) is 0 Å². The van der Waals surface area contributed by atoms with Crippen LogP contribution in [0.5, 0.6) is 0 Å². The van der Waals surface area contributed by atoms with Crippen molar-refractivity contribution in [2.45, 2.75) is 39.7 Å². The summed E-state index contributed by atoms with van der Waals surface area (Å²) in [5.74, 6) is 1.61. The van der Waals surface area contributed by atoms with Gasteiger partial charge in [0.1, 0.15) is 5.82 Å². The first-order valence-electron chi connectivity index (χ1n) is 7.04. The fourth-order valence-corrected chi connectivity index (χ4v) is 2.64. The van der Waals surface area contributed by atoms with E-state index in [0.29, 0.717) is 12.0 Å². The molecule has 1 unspecified atom stereocenters. The van der Waals surface area contributed by atoms with Crippen molar-refractivity contribution >= 4 is 23.1 Å². The van der Waals surface area contributed by atoms with Crippen LogP contribution in [0.3, 0.4) is 0 Å². The number of rotatable bonds is 7. The highest BCUT2D eigenvalue weighted by molar-refractivity contribution is 7.07. The van der Waals surface area contributed by atoms with Gasteiger partial charge in [-0.25, -0.2) is 4.98 Å². The lowest BCUT2D eigenvalue weighted by atomic mass is 10.1. The van der Waals surface area contributed by atoms with E-state index in [9.17, 15) is 0 Å². The Morgan fingerprint density at radius 1 is 1.40 bits per heavy atom. The Morgan fingerprint density at radius 3 is 2.95 bits per heavy atom. The summed E-state index contributed by atoms with van der Waals surface area (Å²) in [5.41, 5.74) is 2.44. The minimum Gasteiger partial charge on any atom is -0.367 e. The highest BCUT2D eigenvalue weighted by Crippen LogP contribution is 2.16. The number of anilines is 2. The summed E-state index contributed by atoms with van der Waals surface area (Å²) < 4.78 is 0. The first-order chi connectivity index (χ1) is 9.69. The van der Waals surface area contributed by atoms with Crippen LogP contribution in [0, 0.1) is 6.92 Å². The van der Waals surface area contributed by atoms with Gasteiger partial charge in [-0.05, 0) is 49.1 Å². The molecular weight excluding hydrogens is 268 g/mol. The summed E-state index contributed by atoms with van der Waals surface area (Å²) >= 11 is 1.74. The van der Waals surface area contributed by atoms with Gasteiger partial charge < -0.3 is 10.6 Å². The minimum absolute atomic E-state index is 0.345. The topological polar surface area (TPSA) is 49.8 Å². The Bertz CT molecular complexity index is 525. The van der Waals surface area contributed by atoms with Crippen LogP contribution in [-0.2, 0) is 6.42 Å². The molecule has 0 aliphatic carbocycles. The molecule has 2 N–H and O–H groups in total. The summed E-state index contributed by atoms with van der Waals surface area (Å²) in [5, 5.41) is 11.0. The molecule has 2 aromatic rings.